The predicted octanol–water partition coefficient (Wildman–Crippen LogP) is 4.29. The first-order chi connectivity index (χ1) is 8.13. The van der Waals surface area contributed by atoms with Gasteiger partial charge in [-0.05, 0) is 74.7 Å². The number of hydrogen-bond donors (Lipinski definition) is 1. The molecule has 5 heteroatoms. The van der Waals surface area contributed by atoms with Crippen LogP contribution in [0.5, 0.6) is 0 Å². The highest BCUT2D eigenvalue weighted by Crippen LogP contribution is 2.38. The lowest BCUT2D eigenvalue weighted by molar-refractivity contribution is 0.684. The van der Waals surface area contributed by atoms with Crippen LogP contribution in [0.4, 0.5) is 0 Å². The molecule has 1 N–H and O–H groups in total. The fourth-order valence-corrected chi connectivity index (χ4v) is 4.71. The SMILES string of the molecule is CNC(c1cnccc1C)c1cc(Br)sc1Br. The monoisotopic (exact) mass is 374 g/mol. The third-order valence-corrected chi connectivity index (χ3v) is 5.06. The minimum absolute atomic E-state index is 0.167. The van der Waals surface area contributed by atoms with Gasteiger partial charge in [-0.1, -0.05) is 0 Å². The second-order valence-electron chi connectivity index (χ2n) is 3.73. The third kappa shape index (κ3) is 2.78. The summed E-state index contributed by atoms with van der Waals surface area (Å²) in [5.74, 6) is 0. The molecule has 1 atom stereocenters. The normalized spacial score (nSPS) is 12.7. The van der Waals surface area contributed by atoms with Crippen molar-refractivity contribution in [3.8, 4) is 0 Å². The first-order valence-corrected chi connectivity index (χ1v) is 7.56. The highest BCUT2D eigenvalue weighted by atomic mass is 79.9. The summed E-state index contributed by atoms with van der Waals surface area (Å²) in [5, 5.41) is 3.35. The lowest BCUT2D eigenvalue weighted by Crippen LogP contribution is -2.18. The summed E-state index contributed by atoms with van der Waals surface area (Å²) in [6.45, 7) is 2.11. The van der Waals surface area contributed by atoms with E-state index in [0.717, 1.165) is 7.57 Å². The van der Waals surface area contributed by atoms with Crippen molar-refractivity contribution in [2.75, 3.05) is 7.05 Å². The third-order valence-electron chi connectivity index (χ3n) is 2.67. The molecule has 0 bridgehead atoms. The molecule has 2 rings (SSSR count). The summed E-state index contributed by atoms with van der Waals surface area (Å²) < 4.78 is 2.27. The van der Waals surface area contributed by atoms with Gasteiger partial charge in [0.1, 0.15) is 0 Å². The molecule has 0 fully saturated rings. The summed E-state index contributed by atoms with van der Waals surface area (Å²) in [6.07, 6.45) is 3.75. The van der Waals surface area contributed by atoms with Crippen LogP contribution in [-0.4, -0.2) is 12.0 Å². The largest absolute Gasteiger partial charge is 0.309 e. The summed E-state index contributed by atoms with van der Waals surface area (Å²) in [4.78, 5) is 4.21. The Balaban J connectivity index is 2.47. The van der Waals surface area contributed by atoms with Crippen molar-refractivity contribution in [1.82, 2.24) is 10.3 Å². The van der Waals surface area contributed by atoms with E-state index in [1.165, 1.54) is 16.7 Å². The molecule has 0 aliphatic carbocycles. The summed E-state index contributed by atoms with van der Waals surface area (Å²) in [6, 6.07) is 4.35. The van der Waals surface area contributed by atoms with Gasteiger partial charge in [0, 0.05) is 12.4 Å². The Morgan fingerprint density at radius 2 is 2.12 bits per heavy atom. The number of halogens is 2. The van der Waals surface area contributed by atoms with Crippen molar-refractivity contribution in [3.63, 3.8) is 0 Å². The first-order valence-electron chi connectivity index (χ1n) is 5.16. The molecule has 1 unspecified atom stereocenters. The van der Waals surface area contributed by atoms with Crippen molar-refractivity contribution < 1.29 is 0 Å². The molecule has 0 saturated heterocycles. The number of rotatable bonds is 3. The number of pyridine rings is 1. The molecular weight excluding hydrogens is 364 g/mol. The van der Waals surface area contributed by atoms with Gasteiger partial charge in [-0.2, -0.15) is 0 Å². The molecule has 2 heterocycles. The van der Waals surface area contributed by atoms with E-state index < -0.39 is 0 Å². The molecule has 0 radical (unpaired) electrons. The molecule has 0 aliphatic heterocycles. The Bertz CT molecular complexity index is 525. The summed E-state index contributed by atoms with van der Waals surface area (Å²) in [5.41, 5.74) is 3.69. The van der Waals surface area contributed by atoms with Crippen LogP contribution in [0.2, 0.25) is 0 Å². The topological polar surface area (TPSA) is 24.9 Å². The Labute approximate surface area is 122 Å². The van der Waals surface area contributed by atoms with E-state index in [1.807, 2.05) is 25.5 Å². The molecule has 0 spiro atoms. The van der Waals surface area contributed by atoms with Gasteiger partial charge in [0.15, 0.2) is 0 Å². The van der Waals surface area contributed by atoms with Gasteiger partial charge in [0.05, 0.1) is 13.6 Å². The van der Waals surface area contributed by atoms with Crippen LogP contribution in [0.15, 0.2) is 32.1 Å². The van der Waals surface area contributed by atoms with Gasteiger partial charge >= 0.3 is 0 Å². The number of thiophene rings is 1. The van der Waals surface area contributed by atoms with E-state index >= 15 is 0 Å². The summed E-state index contributed by atoms with van der Waals surface area (Å²) in [7, 11) is 1.97. The lowest BCUT2D eigenvalue weighted by atomic mass is 9.99. The van der Waals surface area contributed by atoms with E-state index in [1.54, 1.807) is 11.3 Å². The van der Waals surface area contributed by atoms with Crippen LogP contribution in [0.1, 0.15) is 22.7 Å². The number of nitrogens with zero attached hydrogens (tertiary/aromatic N) is 1. The average Bonchev–Trinajstić information content (AvgIpc) is 2.62. The summed E-state index contributed by atoms with van der Waals surface area (Å²) >= 11 is 8.81. The average molecular weight is 376 g/mol. The predicted molar refractivity (Wildman–Crippen MR) is 79.6 cm³/mol. The van der Waals surface area contributed by atoms with Crippen LogP contribution in [-0.2, 0) is 0 Å². The Hall–Kier alpha value is -0.230. The first kappa shape index (κ1) is 13.2. The second-order valence-corrected chi connectivity index (χ2v) is 7.48. The highest BCUT2D eigenvalue weighted by Gasteiger charge is 2.19. The molecule has 0 aromatic carbocycles. The molecule has 0 aliphatic rings. The van der Waals surface area contributed by atoms with Crippen LogP contribution >= 0.6 is 43.2 Å². The van der Waals surface area contributed by atoms with Crippen molar-refractivity contribution >= 4 is 43.2 Å². The second kappa shape index (κ2) is 5.61. The lowest BCUT2D eigenvalue weighted by Gasteiger charge is -2.18. The Morgan fingerprint density at radius 1 is 1.35 bits per heavy atom. The zero-order valence-corrected chi connectivity index (χ0v) is 13.5. The number of aromatic nitrogens is 1. The molecule has 2 aromatic rings. The fourth-order valence-electron chi connectivity index (χ4n) is 1.81. The smallest absolute Gasteiger partial charge is 0.0761 e. The zero-order valence-electron chi connectivity index (χ0n) is 9.50. The van der Waals surface area contributed by atoms with Crippen LogP contribution in [0.3, 0.4) is 0 Å². The maximum absolute atomic E-state index is 4.21. The Kier molecular flexibility index (Phi) is 4.36. The van der Waals surface area contributed by atoms with Crippen molar-refractivity contribution in [3.05, 3.63) is 48.8 Å². The standard InChI is InChI=1S/C12H12Br2N2S/c1-7-3-4-16-6-9(7)11(15-2)8-5-10(13)17-12(8)14/h3-6,11,15H,1-2H3. The van der Waals surface area contributed by atoms with Gasteiger partial charge in [-0.3, -0.25) is 4.98 Å². The minimum atomic E-state index is 0.167. The Morgan fingerprint density at radius 3 is 2.65 bits per heavy atom. The van der Waals surface area contributed by atoms with Gasteiger partial charge in [-0.15, -0.1) is 11.3 Å². The minimum Gasteiger partial charge on any atom is -0.309 e. The number of nitrogens with one attached hydrogen (secondary N) is 1. The van der Waals surface area contributed by atoms with Gasteiger partial charge in [0.2, 0.25) is 0 Å². The van der Waals surface area contributed by atoms with E-state index in [9.17, 15) is 0 Å². The van der Waals surface area contributed by atoms with Gasteiger partial charge in [-0.25, -0.2) is 0 Å². The van der Waals surface area contributed by atoms with E-state index in [0.29, 0.717) is 0 Å². The number of hydrogen-bond acceptors (Lipinski definition) is 3. The number of aryl methyl sites for hydroxylation is 1. The maximum Gasteiger partial charge on any atom is 0.0761 e. The molecule has 2 nitrogen and oxygen atoms in total. The molecule has 17 heavy (non-hydrogen) atoms. The molecule has 0 saturated carbocycles. The molecular formula is C12H12Br2N2S. The van der Waals surface area contributed by atoms with E-state index in [-0.39, 0.29) is 6.04 Å². The maximum atomic E-state index is 4.21. The van der Waals surface area contributed by atoms with Crippen molar-refractivity contribution in [2.24, 2.45) is 0 Å². The quantitative estimate of drug-likeness (QED) is 0.865. The van der Waals surface area contributed by atoms with Crippen LogP contribution in [0.25, 0.3) is 0 Å². The molecule has 0 amide bonds. The van der Waals surface area contributed by atoms with E-state index in [2.05, 4.69) is 55.2 Å². The van der Waals surface area contributed by atoms with Crippen LogP contribution < -0.4 is 5.32 Å². The van der Waals surface area contributed by atoms with Crippen molar-refractivity contribution in [1.29, 1.82) is 0 Å². The van der Waals surface area contributed by atoms with Crippen LogP contribution in [0, 0.1) is 6.92 Å². The van der Waals surface area contributed by atoms with Gasteiger partial charge in [0.25, 0.3) is 0 Å². The molecule has 90 valence electrons. The van der Waals surface area contributed by atoms with Gasteiger partial charge < -0.3 is 5.32 Å². The van der Waals surface area contributed by atoms with Crippen molar-refractivity contribution in [2.45, 2.75) is 13.0 Å². The zero-order chi connectivity index (χ0) is 12.4. The highest BCUT2D eigenvalue weighted by molar-refractivity contribution is 9.12. The fraction of sp³-hybridized carbons (Fsp3) is 0.250. The van der Waals surface area contributed by atoms with E-state index in [4.69, 9.17) is 0 Å². The molecule has 2 aromatic heterocycles.